The highest BCUT2D eigenvalue weighted by atomic mass is 79.9. The van der Waals surface area contributed by atoms with E-state index in [9.17, 15) is 22.8 Å². The Balaban J connectivity index is 3.70. The van der Waals surface area contributed by atoms with Gasteiger partial charge in [0.1, 0.15) is 0 Å². The summed E-state index contributed by atoms with van der Waals surface area (Å²) in [5.41, 5.74) is -2.75. The molecule has 94 valence electrons. The highest BCUT2D eigenvalue weighted by Crippen LogP contribution is 2.34. The molecule has 0 aromatic heterocycles. The molecule has 0 spiro atoms. The molecule has 0 fully saturated rings. The number of alkyl halides is 4. The van der Waals surface area contributed by atoms with Crippen molar-refractivity contribution in [3.63, 3.8) is 0 Å². The summed E-state index contributed by atoms with van der Waals surface area (Å²) in [7, 11) is 0. The van der Waals surface area contributed by atoms with Crippen LogP contribution in [0.5, 0.6) is 0 Å². The van der Waals surface area contributed by atoms with Gasteiger partial charge >= 0.3 is 6.18 Å². The number of nitriles is 1. The van der Waals surface area contributed by atoms with Gasteiger partial charge in [-0.25, -0.2) is 0 Å². The van der Waals surface area contributed by atoms with Crippen molar-refractivity contribution in [3.05, 3.63) is 34.4 Å². The fraction of sp³-hybridized carbons (Fsp3) is 0.182. The number of benzene rings is 1. The molecule has 0 atom stereocenters. The average Bonchev–Trinajstić information content (AvgIpc) is 2.34. The first-order valence-corrected chi connectivity index (χ1v) is 5.67. The Kier molecular flexibility index (Phi) is 4.24. The SMILES string of the molecule is N#Cc1cc(C=O)c(C(=O)CBr)c(C(F)(F)F)c1. The molecule has 0 N–H and O–H groups in total. The van der Waals surface area contributed by atoms with E-state index in [1.807, 2.05) is 0 Å². The molecule has 1 rings (SSSR count). The summed E-state index contributed by atoms with van der Waals surface area (Å²) in [6.07, 6.45) is -4.68. The number of carbonyl (C=O) groups excluding carboxylic acids is 2. The smallest absolute Gasteiger partial charge is 0.298 e. The Hall–Kier alpha value is -1.68. The summed E-state index contributed by atoms with van der Waals surface area (Å²) < 4.78 is 38.4. The second-order valence-electron chi connectivity index (χ2n) is 3.27. The number of nitrogens with zero attached hydrogens (tertiary/aromatic N) is 1. The highest BCUT2D eigenvalue weighted by Gasteiger charge is 2.36. The van der Waals surface area contributed by atoms with Gasteiger partial charge in [0.05, 0.1) is 22.5 Å². The minimum atomic E-state index is -4.81. The Bertz CT molecular complexity index is 546. The first kappa shape index (κ1) is 14.4. The minimum Gasteiger partial charge on any atom is -0.298 e. The van der Waals surface area contributed by atoms with Crippen LogP contribution in [0.2, 0.25) is 0 Å². The van der Waals surface area contributed by atoms with Crippen molar-refractivity contribution < 1.29 is 22.8 Å². The van der Waals surface area contributed by atoms with Crippen molar-refractivity contribution in [1.82, 2.24) is 0 Å². The summed E-state index contributed by atoms with van der Waals surface area (Å²) in [5.74, 6) is -0.867. The summed E-state index contributed by atoms with van der Waals surface area (Å²) >= 11 is 2.75. The van der Waals surface area contributed by atoms with Crippen LogP contribution in [0, 0.1) is 11.3 Å². The van der Waals surface area contributed by atoms with Crippen molar-refractivity contribution in [3.8, 4) is 6.07 Å². The van der Waals surface area contributed by atoms with Crippen LogP contribution in [0.25, 0.3) is 0 Å². The van der Waals surface area contributed by atoms with Crippen molar-refractivity contribution in [2.24, 2.45) is 0 Å². The summed E-state index contributed by atoms with van der Waals surface area (Å²) in [6.45, 7) is 0. The van der Waals surface area contributed by atoms with Gasteiger partial charge in [0.25, 0.3) is 0 Å². The maximum absolute atomic E-state index is 12.8. The van der Waals surface area contributed by atoms with Gasteiger partial charge in [0.15, 0.2) is 12.1 Å². The summed E-state index contributed by atoms with van der Waals surface area (Å²) in [4.78, 5) is 22.2. The molecule has 0 saturated heterocycles. The molecule has 0 aliphatic rings. The van der Waals surface area contributed by atoms with E-state index in [0.717, 1.165) is 6.07 Å². The number of ketones is 1. The first-order valence-electron chi connectivity index (χ1n) is 4.54. The lowest BCUT2D eigenvalue weighted by atomic mass is 9.95. The molecule has 0 amide bonds. The van der Waals surface area contributed by atoms with Crippen molar-refractivity contribution in [2.45, 2.75) is 6.18 Å². The van der Waals surface area contributed by atoms with Gasteiger partial charge in [0, 0.05) is 11.1 Å². The number of aldehydes is 1. The Morgan fingerprint density at radius 3 is 2.44 bits per heavy atom. The van der Waals surface area contributed by atoms with Crippen molar-refractivity contribution in [2.75, 3.05) is 5.33 Å². The van der Waals surface area contributed by atoms with E-state index in [1.54, 1.807) is 0 Å². The Morgan fingerprint density at radius 2 is 2.06 bits per heavy atom. The van der Waals surface area contributed by atoms with Gasteiger partial charge in [-0.15, -0.1) is 0 Å². The molecule has 0 bridgehead atoms. The van der Waals surface area contributed by atoms with Crippen LogP contribution in [0.1, 0.15) is 31.8 Å². The second kappa shape index (κ2) is 5.31. The predicted molar refractivity (Wildman–Crippen MR) is 59.7 cm³/mol. The maximum Gasteiger partial charge on any atom is 0.417 e. The second-order valence-corrected chi connectivity index (χ2v) is 3.83. The molecule has 3 nitrogen and oxygen atoms in total. The van der Waals surface area contributed by atoms with Crippen LogP contribution in [0.3, 0.4) is 0 Å². The fourth-order valence-corrected chi connectivity index (χ4v) is 1.70. The first-order chi connectivity index (χ1) is 8.35. The van der Waals surface area contributed by atoms with E-state index in [-0.39, 0.29) is 17.2 Å². The van der Waals surface area contributed by atoms with Gasteiger partial charge in [-0.3, -0.25) is 9.59 Å². The molecule has 7 heteroatoms. The number of halogens is 4. The van der Waals surface area contributed by atoms with Crippen LogP contribution in [-0.4, -0.2) is 17.4 Å². The van der Waals surface area contributed by atoms with Crippen molar-refractivity contribution >= 4 is 28.0 Å². The zero-order valence-corrected chi connectivity index (χ0v) is 10.3. The maximum atomic E-state index is 12.8. The number of Topliss-reactive ketones (excluding diaryl/α,β-unsaturated/α-hetero) is 1. The third-order valence-electron chi connectivity index (χ3n) is 2.13. The van der Waals surface area contributed by atoms with E-state index < -0.39 is 28.6 Å². The topological polar surface area (TPSA) is 57.9 Å². The Morgan fingerprint density at radius 1 is 1.44 bits per heavy atom. The van der Waals surface area contributed by atoms with Gasteiger partial charge in [-0.1, -0.05) is 15.9 Å². The van der Waals surface area contributed by atoms with Gasteiger partial charge in [-0.2, -0.15) is 18.4 Å². The summed E-state index contributed by atoms with van der Waals surface area (Å²) in [5, 5.41) is 8.26. The van der Waals surface area contributed by atoms with E-state index in [2.05, 4.69) is 15.9 Å². The number of hydrogen-bond acceptors (Lipinski definition) is 3. The summed E-state index contributed by atoms with van der Waals surface area (Å²) in [6, 6.07) is 3.03. The fourth-order valence-electron chi connectivity index (χ4n) is 1.42. The molecular formula is C11H5BrF3NO2. The quantitative estimate of drug-likeness (QED) is 0.489. The van der Waals surface area contributed by atoms with Crippen LogP contribution in [0.4, 0.5) is 13.2 Å². The lowest BCUT2D eigenvalue weighted by molar-refractivity contribution is -0.137. The third kappa shape index (κ3) is 2.76. The molecule has 1 aromatic rings. The van der Waals surface area contributed by atoms with E-state index in [4.69, 9.17) is 5.26 Å². The number of carbonyl (C=O) groups is 2. The zero-order chi connectivity index (χ0) is 13.9. The molecule has 0 aliphatic heterocycles. The van der Waals surface area contributed by atoms with E-state index >= 15 is 0 Å². The predicted octanol–water partition coefficient (Wildman–Crippen LogP) is 2.97. The monoisotopic (exact) mass is 319 g/mol. The lowest BCUT2D eigenvalue weighted by Crippen LogP contribution is -2.17. The normalized spacial score (nSPS) is 10.8. The Labute approximate surface area is 108 Å². The molecule has 0 unspecified atom stereocenters. The molecule has 0 aliphatic carbocycles. The molecule has 0 radical (unpaired) electrons. The van der Waals surface area contributed by atoms with Gasteiger partial charge in [-0.05, 0) is 12.1 Å². The number of rotatable bonds is 3. The van der Waals surface area contributed by atoms with Gasteiger partial charge < -0.3 is 0 Å². The molecular weight excluding hydrogens is 315 g/mol. The van der Waals surface area contributed by atoms with Crippen molar-refractivity contribution in [1.29, 1.82) is 5.26 Å². The lowest BCUT2D eigenvalue weighted by Gasteiger charge is -2.13. The van der Waals surface area contributed by atoms with Crippen LogP contribution in [0.15, 0.2) is 12.1 Å². The third-order valence-corrected chi connectivity index (χ3v) is 2.64. The van der Waals surface area contributed by atoms with Crippen LogP contribution < -0.4 is 0 Å². The zero-order valence-electron chi connectivity index (χ0n) is 8.71. The standard InChI is InChI=1S/C11H5BrF3NO2/c12-3-9(18)10-7(5-17)1-6(4-16)2-8(10)11(13,14)15/h1-2,5H,3H2. The largest absolute Gasteiger partial charge is 0.417 e. The average molecular weight is 320 g/mol. The highest BCUT2D eigenvalue weighted by molar-refractivity contribution is 9.09. The molecule has 1 aromatic carbocycles. The number of hydrogen-bond donors (Lipinski definition) is 0. The van der Waals surface area contributed by atoms with E-state index in [1.165, 1.54) is 6.07 Å². The van der Waals surface area contributed by atoms with Crippen LogP contribution >= 0.6 is 15.9 Å². The molecule has 18 heavy (non-hydrogen) atoms. The molecule has 0 heterocycles. The molecule has 0 saturated carbocycles. The van der Waals surface area contributed by atoms with Crippen LogP contribution in [-0.2, 0) is 6.18 Å². The van der Waals surface area contributed by atoms with Gasteiger partial charge in [0.2, 0.25) is 0 Å². The van der Waals surface area contributed by atoms with E-state index in [0.29, 0.717) is 6.07 Å². The minimum absolute atomic E-state index is 0.131.